The summed E-state index contributed by atoms with van der Waals surface area (Å²) in [6, 6.07) is 0. The zero-order valence-corrected chi connectivity index (χ0v) is 9.34. The molecule has 0 aromatic carbocycles. The predicted molar refractivity (Wildman–Crippen MR) is 55.5 cm³/mol. The normalized spacial score (nSPS) is 23.7. The van der Waals surface area contributed by atoms with E-state index in [4.69, 9.17) is 0 Å². The number of hydrogen-bond donors (Lipinski definition) is 0. The first-order chi connectivity index (χ1) is 6.07. The summed E-state index contributed by atoms with van der Waals surface area (Å²) in [5.74, 6) is 2.88. The van der Waals surface area contributed by atoms with Crippen molar-refractivity contribution in [2.75, 3.05) is 0 Å². The molecule has 0 bridgehead atoms. The van der Waals surface area contributed by atoms with Crippen molar-refractivity contribution >= 4 is 5.78 Å². The number of ketones is 1. The van der Waals surface area contributed by atoms with Crippen LogP contribution in [0.4, 0.5) is 0 Å². The van der Waals surface area contributed by atoms with E-state index in [9.17, 15) is 4.79 Å². The topological polar surface area (TPSA) is 17.1 Å². The average molecular weight is 182 g/mol. The van der Waals surface area contributed by atoms with E-state index in [-0.39, 0.29) is 5.92 Å². The van der Waals surface area contributed by atoms with Crippen LogP contribution in [0.5, 0.6) is 0 Å². The summed E-state index contributed by atoms with van der Waals surface area (Å²) in [7, 11) is 0. The van der Waals surface area contributed by atoms with Crippen LogP contribution >= 0.6 is 0 Å². The summed E-state index contributed by atoms with van der Waals surface area (Å²) in [5.41, 5.74) is 0. The molecule has 0 saturated heterocycles. The van der Waals surface area contributed by atoms with Gasteiger partial charge in [0.15, 0.2) is 0 Å². The Hall–Kier alpha value is -0.330. The fraction of sp³-hybridized carbons (Fsp3) is 0.917. The summed E-state index contributed by atoms with van der Waals surface area (Å²) < 4.78 is 0. The Labute approximate surface area is 81.9 Å². The third-order valence-corrected chi connectivity index (χ3v) is 3.69. The maximum Gasteiger partial charge on any atom is 0.132 e. The van der Waals surface area contributed by atoms with Crippen molar-refractivity contribution in [3.63, 3.8) is 0 Å². The molecule has 1 rings (SSSR count). The largest absolute Gasteiger partial charge is 0.300 e. The molecule has 1 aliphatic carbocycles. The first-order valence-corrected chi connectivity index (χ1v) is 5.58. The molecule has 0 aromatic heterocycles. The van der Waals surface area contributed by atoms with Crippen molar-refractivity contribution in [2.24, 2.45) is 23.7 Å². The molecule has 1 heteroatoms. The fourth-order valence-electron chi connectivity index (χ4n) is 2.39. The van der Waals surface area contributed by atoms with E-state index in [0.29, 0.717) is 17.6 Å². The summed E-state index contributed by atoms with van der Waals surface area (Å²) in [6.45, 7) is 8.37. The van der Waals surface area contributed by atoms with Gasteiger partial charge in [0.25, 0.3) is 0 Å². The van der Waals surface area contributed by atoms with E-state index in [1.807, 2.05) is 0 Å². The van der Waals surface area contributed by atoms with Gasteiger partial charge in [0.1, 0.15) is 5.78 Å². The van der Waals surface area contributed by atoms with Gasteiger partial charge >= 0.3 is 0 Å². The molecule has 0 amide bonds. The predicted octanol–water partition coefficient (Wildman–Crippen LogP) is 3.28. The number of rotatable bonds is 5. The molecule has 0 radical (unpaired) electrons. The Kier molecular flexibility index (Phi) is 3.52. The molecule has 1 nitrogen and oxygen atoms in total. The highest BCUT2D eigenvalue weighted by molar-refractivity contribution is 5.78. The molecule has 76 valence electrons. The lowest BCUT2D eigenvalue weighted by atomic mass is 9.77. The second-order valence-corrected chi connectivity index (χ2v) is 4.70. The average Bonchev–Trinajstić information content (AvgIpc) is 2.88. The Morgan fingerprint density at radius 2 is 1.92 bits per heavy atom. The first kappa shape index (κ1) is 10.7. The molecular weight excluding hydrogens is 160 g/mol. The lowest BCUT2D eigenvalue weighted by molar-refractivity contribution is -0.122. The standard InChI is InChI=1S/C12H22O/c1-5-8(2)12(11-6-7-11)9(3)10(4)13/h8-9,11-12H,5-7H2,1-4H3. The van der Waals surface area contributed by atoms with Gasteiger partial charge in [-0.25, -0.2) is 0 Å². The van der Waals surface area contributed by atoms with E-state index in [1.165, 1.54) is 19.3 Å². The fourth-order valence-corrected chi connectivity index (χ4v) is 2.39. The minimum atomic E-state index is 0.280. The third-order valence-electron chi connectivity index (χ3n) is 3.69. The van der Waals surface area contributed by atoms with E-state index in [2.05, 4.69) is 20.8 Å². The summed E-state index contributed by atoms with van der Waals surface area (Å²) in [6.07, 6.45) is 3.91. The van der Waals surface area contributed by atoms with Gasteiger partial charge in [-0.2, -0.15) is 0 Å². The molecule has 3 unspecified atom stereocenters. The van der Waals surface area contributed by atoms with Gasteiger partial charge in [-0.1, -0.05) is 27.2 Å². The van der Waals surface area contributed by atoms with Crippen molar-refractivity contribution < 1.29 is 4.79 Å². The Bertz CT molecular complexity index is 182. The highest BCUT2D eigenvalue weighted by Gasteiger charge is 2.38. The van der Waals surface area contributed by atoms with E-state index in [0.717, 1.165) is 5.92 Å². The van der Waals surface area contributed by atoms with Crippen molar-refractivity contribution in [2.45, 2.75) is 47.0 Å². The van der Waals surface area contributed by atoms with Crippen molar-refractivity contribution in [3.8, 4) is 0 Å². The lowest BCUT2D eigenvalue weighted by Crippen LogP contribution is -2.26. The van der Waals surface area contributed by atoms with Gasteiger partial charge < -0.3 is 0 Å². The minimum Gasteiger partial charge on any atom is -0.300 e. The van der Waals surface area contributed by atoms with E-state index < -0.39 is 0 Å². The quantitative estimate of drug-likeness (QED) is 0.637. The highest BCUT2D eigenvalue weighted by atomic mass is 16.1. The monoisotopic (exact) mass is 182 g/mol. The van der Waals surface area contributed by atoms with Crippen LogP contribution in [0.25, 0.3) is 0 Å². The molecular formula is C12H22O. The molecule has 1 aliphatic rings. The van der Waals surface area contributed by atoms with E-state index >= 15 is 0 Å². The van der Waals surface area contributed by atoms with Gasteiger partial charge in [-0.15, -0.1) is 0 Å². The Morgan fingerprint density at radius 3 is 2.23 bits per heavy atom. The number of hydrogen-bond acceptors (Lipinski definition) is 1. The van der Waals surface area contributed by atoms with Crippen LogP contribution in [0, 0.1) is 23.7 Å². The van der Waals surface area contributed by atoms with Crippen LogP contribution < -0.4 is 0 Å². The van der Waals surface area contributed by atoms with Crippen LogP contribution in [0.15, 0.2) is 0 Å². The zero-order chi connectivity index (χ0) is 10.0. The van der Waals surface area contributed by atoms with Crippen LogP contribution in [-0.4, -0.2) is 5.78 Å². The molecule has 0 aliphatic heterocycles. The van der Waals surface area contributed by atoms with Crippen molar-refractivity contribution in [1.29, 1.82) is 0 Å². The molecule has 1 fully saturated rings. The van der Waals surface area contributed by atoms with Crippen LogP contribution in [0.1, 0.15) is 47.0 Å². The van der Waals surface area contributed by atoms with Gasteiger partial charge in [-0.05, 0) is 37.5 Å². The maximum absolute atomic E-state index is 11.3. The van der Waals surface area contributed by atoms with Gasteiger partial charge in [-0.3, -0.25) is 4.79 Å². The number of carbonyl (C=O) groups excluding carboxylic acids is 1. The molecule has 0 N–H and O–H groups in total. The summed E-state index contributed by atoms with van der Waals surface area (Å²) in [5, 5.41) is 0. The van der Waals surface area contributed by atoms with Crippen LogP contribution in [0.2, 0.25) is 0 Å². The minimum absolute atomic E-state index is 0.280. The first-order valence-electron chi connectivity index (χ1n) is 5.58. The maximum atomic E-state index is 11.3. The lowest BCUT2D eigenvalue weighted by Gasteiger charge is -2.27. The molecule has 0 aromatic rings. The third kappa shape index (κ3) is 2.55. The smallest absolute Gasteiger partial charge is 0.132 e. The Balaban J connectivity index is 2.60. The summed E-state index contributed by atoms with van der Waals surface area (Å²) >= 11 is 0. The SMILES string of the molecule is CCC(C)C(C1CC1)C(C)C(C)=O. The van der Waals surface area contributed by atoms with Gasteiger partial charge in [0.2, 0.25) is 0 Å². The highest BCUT2D eigenvalue weighted by Crippen LogP contribution is 2.45. The van der Waals surface area contributed by atoms with Crippen LogP contribution in [-0.2, 0) is 4.79 Å². The van der Waals surface area contributed by atoms with Crippen molar-refractivity contribution in [3.05, 3.63) is 0 Å². The van der Waals surface area contributed by atoms with Gasteiger partial charge in [0, 0.05) is 5.92 Å². The number of carbonyl (C=O) groups is 1. The number of Topliss-reactive ketones (excluding diaryl/α,β-unsaturated/α-hetero) is 1. The van der Waals surface area contributed by atoms with Gasteiger partial charge in [0.05, 0.1) is 0 Å². The van der Waals surface area contributed by atoms with Crippen LogP contribution in [0.3, 0.4) is 0 Å². The Morgan fingerprint density at radius 1 is 1.38 bits per heavy atom. The molecule has 13 heavy (non-hydrogen) atoms. The molecule has 0 heterocycles. The van der Waals surface area contributed by atoms with E-state index in [1.54, 1.807) is 6.92 Å². The molecule has 1 saturated carbocycles. The molecule has 3 atom stereocenters. The second-order valence-electron chi connectivity index (χ2n) is 4.70. The summed E-state index contributed by atoms with van der Waals surface area (Å²) in [4.78, 5) is 11.3. The molecule has 0 spiro atoms. The zero-order valence-electron chi connectivity index (χ0n) is 9.34. The van der Waals surface area contributed by atoms with Crippen molar-refractivity contribution in [1.82, 2.24) is 0 Å². The second kappa shape index (κ2) is 4.26.